The quantitative estimate of drug-likeness (QED) is 0.0317. The van der Waals surface area contributed by atoms with Gasteiger partial charge in [0.2, 0.25) is 35.7 Å². The Labute approximate surface area is 314 Å². The first-order valence-electron chi connectivity index (χ1n) is 16.6. The van der Waals surface area contributed by atoms with E-state index in [0.717, 1.165) is 25.7 Å². The molecule has 290 valence electrons. The number of rotatable bonds is 23. The number of unbranched alkanes of at least 4 members (excludes halogenated alkanes) is 5. The lowest BCUT2D eigenvalue weighted by Crippen LogP contribution is -2.26. The number of nitrogens with one attached hydrogen (secondary N) is 6. The van der Waals surface area contributed by atoms with Crippen molar-refractivity contribution in [1.82, 2.24) is 21.7 Å². The summed E-state index contributed by atoms with van der Waals surface area (Å²) in [7, 11) is 0. The second kappa shape index (κ2) is 21.8. The maximum Gasteiger partial charge on any atom is 0.224 e. The van der Waals surface area contributed by atoms with Gasteiger partial charge in [-0.15, -0.1) is 20.4 Å². The maximum atomic E-state index is 12.8. The van der Waals surface area contributed by atoms with E-state index in [2.05, 4.69) is 79.1 Å². The van der Waals surface area contributed by atoms with E-state index in [1.807, 2.05) is 0 Å². The molecule has 0 fully saturated rings. The number of carbonyl (C=O) groups is 2. The van der Waals surface area contributed by atoms with Gasteiger partial charge in [0.25, 0.3) is 0 Å². The van der Waals surface area contributed by atoms with Crippen LogP contribution in [0.3, 0.4) is 0 Å². The first-order valence-corrected chi connectivity index (χ1v) is 16.6. The molecule has 2 amide bonds. The van der Waals surface area contributed by atoms with Crippen LogP contribution in [0.5, 0.6) is 0 Å². The van der Waals surface area contributed by atoms with Crippen LogP contribution in [0, 0.1) is 0 Å². The number of anilines is 2. The van der Waals surface area contributed by atoms with Crippen molar-refractivity contribution in [2.24, 2.45) is 66.3 Å². The highest BCUT2D eigenvalue weighted by molar-refractivity contribution is 5.93. The third-order valence-corrected chi connectivity index (χ3v) is 7.16. The summed E-state index contributed by atoms with van der Waals surface area (Å²) < 4.78 is 0. The van der Waals surface area contributed by atoms with E-state index in [9.17, 15) is 9.59 Å². The topological polar surface area (TPSA) is 364 Å². The van der Waals surface area contributed by atoms with Gasteiger partial charge < -0.3 is 56.5 Å². The standard InChI is InChI=1S/C34H52N18O2/c1-19(45-49-31(35)36)23-13-24(20(2)46-50-32(37)38)16-27(15-23)43-29(53)11-9-7-5-6-8-10-12-30(54)44-28-17-25(21(3)47-51-33(39)40)14-26(18-28)22(4)48-52-34(41)42/h13-18,45-48H,1-12H2,(H,43,53)(H,44,54)(H4,35,36,49)(H4,37,38,50)(H4,39,40,51)(H4,41,42,52). The number of hydrazone groups is 4. The molecular formula is C34H52N18O2. The summed E-state index contributed by atoms with van der Waals surface area (Å²) in [6.45, 7) is 15.8. The van der Waals surface area contributed by atoms with Crippen LogP contribution in [-0.4, -0.2) is 35.7 Å². The zero-order chi connectivity index (χ0) is 40.2. The van der Waals surface area contributed by atoms with Crippen LogP contribution in [0.4, 0.5) is 11.4 Å². The smallest absolute Gasteiger partial charge is 0.224 e. The lowest BCUT2D eigenvalue weighted by molar-refractivity contribution is -0.117. The average Bonchev–Trinajstić information content (AvgIpc) is 3.11. The van der Waals surface area contributed by atoms with Gasteiger partial charge >= 0.3 is 0 Å². The lowest BCUT2D eigenvalue weighted by Gasteiger charge is -2.14. The zero-order valence-corrected chi connectivity index (χ0v) is 30.2. The first-order chi connectivity index (χ1) is 25.5. The molecule has 54 heavy (non-hydrogen) atoms. The van der Waals surface area contributed by atoms with Crippen LogP contribution < -0.4 is 78.2 Å². The van der Waals surface area contributed by atoms with E-state index in [4.69, 9.17) is 45.9 Å². The largest absolute Gasteiger partial charge is 0.369 e. The minimum atomic E-state index is -0.178. The van der Waals surface area contributed by atoms with E-state index < -0.39 is 0 Å². The molecule has 2 rings (SSSR count). The molecule has 0 saturated heterocycles. The Morgan fingerprint density at radius 1 is 0.426 bits per heavy atom. The van der Waals surface area contributed by atoms with Crippen LogP contribution in [0.1, 0.15) is 73.6 Å². The number of carbonyl (C=O) groups excluding carboxylic acids is 2. The fraction of sp³-hybridized carbons (Fsp3) is 0.235. The van der Waals surface area contributed by atoms with Gasteiger partial charge in [-0.2, -0.15) is 0 Å². The highest BCUT2D eigenvalue weighted by Crippen LogP contribution is 2.25. The maximum absolute atomic E-state index is 12.8. The predicted molar refractivity (Wildman–Crippen MR) is 219 cm³/mol. The van der Waals surface area contributed by atoms with Gasteiger partial charge in [-0.1, -0.05) is 52.0 Å². The summed E-state index contributed by atoms with van der Waals surface area (Å²) in [6, 6.07) is 10.3. The number of hydrogen-bond acceptors (Lipinski definition) is 10. The number of nitrogens with two attached hydrogens (primary N) is 8. The van der Waals surface area contributed by atoms with Gasteiger partial charge in [0.15, 0.2) is 0 Å². The van der Waals surface area contributed by atoms with Gasteiger partial charge in [-0.25, -0.2) is 0 Å². The van der Waals surface area contributed by atoms with Gasteiger partial charge in [0.05, 0.1) is 22.8 Å². The summed E-state index contributed by atoms with van der Waals surface area (Å²) in [4.78, 5) is 25.6. The first kappa shape index (κ1) is 42.8. The van der Waals surface area contributed by atoms with Gasteiger partial charge in [0, 0.05) is 46.5 Å². The van der Waals surface area contributed by atoms with Crippen molar-refractivity contribution >= 4 is 69.8 Å². The van der Waals surface area contributed by atoms with Crippen molar-refractivity contribution in [2.45, 2.75) is 51.4 Å². The van der Waals surface area contributed by atoms with Gasteiger partial charge in [-0.3, -0.25) is 31.3 Å². The molecule has 0 aliphatic carbocycles. The van der Waals surface area contributed by atoms with Crippen LogP contribution >= 0.6 is 0 Å². The molecule has 0 aliphatic rings. The minimum Gasteiger partial charge on any atom is -0.369 e. The molecule has 0 saturated carbocycles. The van der Waals surface area contributed by atoms with Crippen LogP contribution in [0.25, 0.3) is 22.8 Å². The fourth-order valence-electron chi connectivity index (χ4n) is 4.61. The second-order valence-electron chi connectivity index (χ2n) is 11.8. The Balaban J connectivity index is 1.87. The van der Waals surface area contributed by atoms with E-state index >= 15 is 0 Å². The average molecular weight is 745 g/mol. The minimum absolute atomic E-state index is 0.168. The molecule has 0 heterocycles. The Hall–Kier alpha value is -7.38. The molecule has 22 N–H and O–H groups in total. The van der Waals surface area contributed by atoms with Crippen molar-refractivity contribution in [3.63, 3.8) is 0 Å². The van der Waals surface area contributed by atoms with Gasteiger partial charge in [-0.05, 0) is 49.2 Å². The normalized spacial score (nSPS) is 10.0. The Morgan fingerprint density at radius 3 is 0.907 bits per heavy atom. The van der Waals surface area contributed by atoms with Crippen molar-refractivity contribution < 1.29 is 9.59 Å². The number of hydrogen-bond donors (Lipinski definition) is 14. The van der Waals surface area contributed by atoms with Crippen molar-refractivity contribution in [3.05, 3.63) is 85.0 Å². The Morgan fingerprint density at radius 2 is 0.667 bits per heavy atom. The van der Waals surface area contributed by atoms with Crippen molar-refractivity contribution in [2.75, 3.05) is 10.6 Å². The number of benzene rings is 2. The summed E-state index contributed by atoms with van der Waals surface area (Å²) >= 11 is 0. The summed E-state index contributed by atoms with van der Waals surface area (Å²) in [5.41, 5.74) is 58.7. The molecule has 0 bridgehead atoms. The van der Waals surface area contributed by atoms with Crippen molar-refractivity contribution in [1.29, 1.82) is 0 Å². The number of amides is 2. The van der Waals surface area contributed by atoms with E-state index in [1.54, 1.807) is 36.4 Å². The van der Waals surface area contributed by atoms with Crippen LogP contribution in [0.2, 0.25) is 0 Å². The summed E-state index contributed by atoms with van der Waals surface area (Å²) in [5.74, 6) is -1.05. The lowest BCUT2D eigenvalue weighted by atomic mass is 10.0. The summed E-state index contributed by atoms with van der Waals surface area (Å²) in [5, 5.41) is 20.8. The fourth-order valence-corrected chi connectivity index (χ4v) is 4.61. The highest BCUT2D eigenvalue weighted by Gasteiger charge is 2.12. The molecule has 0 aromatic heterocycles. The molecular weight excluding hydrogens is 692 g/mol. The number of nitrogens with zero attached hydrogens (tertiary/aromatic N) is 4. The molecule has 0 spiro atoms. The van der Waals surface area contributed by atoms with Crippen molar-refractivity contribution in [3.8, 4) is 0 Å². The monoisotopic (exact) mass is 744 g/mol. The third-order valence-electron chi connectivity index (χ3n) is 7.16. The van der Waals surface area contributed by atoms with Crippen LogP contribution in [0.15, 0.2) is 83.1 Å². The molecule has 0 unspecified atom stereocenters. The predicted octanol–water partition coefficient (Wildman–Crippen LogP) is 0.379. The highest BCUT2D eigenvalue weighted by atomic mass is 16.2. The second-order valence-corrected chi connectivity index (χ2v) is 11.8. The molecule has 2 aromatic carbocycles. The number of guanidine groups is 4. The van der Waals surface area contributed by atoms with Gasteiger partial charge in [0.1, 0.15) is 0 Å². The molecule has 0 radical (unpaired) electrons. The third kappa shape index (κ3) is 16.6. The molecule has 2 aromatic rings. The summed E-state index contributed by atoms with van der Waals surface area (Å²) in [6.07, 6.45) is 5.48. The zero-order valence-electron chi connectivity index (χ0n) is 30.2. The van der Waals surface area contributed by atoms with E-state index in [1.165, 1.54) is 0 Å². The Bertz CT molecular complexity index is 1580. The SMILES string of the molecule is C=C(NN=C(N)N)c1cc(NC(=O)CCCCCCCCC(=O)Nc2cc(C(=C)NN=C(N)N)cc(C(=C)NN=C(N)N)c2)cc(C(=C)NN=C(N)N)c1. The van der Waals surface area contributed by atoms with Crippen LogP contribution in [-0.2, 0) is 9.59 Å². The van der Waals surface area contributed by atoms with E-state index in [0.29, 0.717) is 82.1 Å². The molecule has 0 atom stereocenters. The Kier molecular flexibility index (Phi) is 17.2. The molecule has 20 heteroatoms. The molecule has 20 nitrogen and oxygen atoms in total. The van der Waals surface area contributed by atoms with E-state index in [-0.39, 0.29) is 35.7 Å². The molecule has 0 aliphatic heterocycles.